The molecule has 0 aliphatic carbocycles. The van der Waals surface area contributed by atoms with Crippen LogP contribution < -0.4 is 9.47 Å². The first-order chi connectivity index (χ1) is 14.8. The summed E-state index contributed by atoms with van der Waals surface area (Å²) < 4.78 is 11.5. The van der Waals surface area contributed by atoms with Crippen molar-refractivity contribution in [2.45, 2.75) is 0 Å². The molecule has 1 fully saturated rings. The summed E-state index contributed by atoms with van der Waals surface area (Å²) in [4.78, 5) is 30.0. The van der Waals surface area contributed by atoms with E-state index in [-0.39, 0.29) is 18.1 Å². The topological polar surface area (TPSA) is 112 Å². The second-order valence-corrected chi connectivity index (χ2v) is 8.37. The van der Waals surface area contributed by atoms with E-state index in [1.54, 1.807) is 31.3 Å². The van der Waals surface area contributed by atoms with Gasteiger partial charge in [0.05, 0.1) is 26.8 Å². The maximum atomic E-state index is 12.7. The van der Waals surface area contributed by atoms with E-state index in [2.05, 4.69) is 27.6 Å². The first kappa shape index (κ1) is 22.6. The third-order valence-corrected chi connectivity index (χ3v) is 6.03. The number of amides is 1. The monoisotopic (exact) mass is 549 g/mol. The molecule has 1 heterocycles. The van der Waals surface area contributed by atoms with Crippen LogP contribution in [0.2, 0.25) is 0 Å². The molecule has 0 saturated carbocycles. The van der Waals surface area contributed by atoms with Gasteiger partial charge >= 0.3 is 5.97 Å². The van der Waals surface area contributed by atoms with E-state index in [1.165, 1.54) is 35.9 Å². The summed E-state index contributed by atoms with van der Waals surface area (Å²) in [5.41, 5.74) is 1.45. The van der Waals surface area contributed by atoms with E-state index in [0.717, 1.165) is 9.13 Å². The van der Waals surface area contributed by atoms with Gasteiger partial charge in [-0.2, -0.15) is 5.26 Å². The molecule has 1 N–H and O–H groups in total. The molecular weight excluding hydrogens is 533 g/mol. The van der Waals surface area contributed by atoms with Crippen molar-refractivity contribution in [3.8, 4) is 17.6 Å². The Labute approximate surface area is 196 Å². The molecule has 158 valence electrons. The Balaban J connectivity index is 1.88. The van der Waals surface area contributed by atoms with Crippen molar-refractivity contribution in [2.24, 2.45) is 4.99 Å². The summed E-state index contributed by atoms with van der Waals surface area (Å²) in [7, 11) is 3.13. The van der Waals surface area contributed by atoms with Crippen LogP contribution in [0.5, 0.6) is 11.5 Å². The predicted octanol–water partition coefficient (Wildman–Crippen LogP) is 4.13. The van der Waals surface area contributed by atoms with E-state index in [9.17, 15) is 9.59 Å². The van der Waals surface area contributed by atoms with E-state index in [0.29, 0.717) is 27.3 Å². The number of ether oxygens (including phenoxy) is 2. The highest BCUT2D eigenvalue weighted by Gasteiger charge is 2.30. The number of carboxylic acid groups (broad SMARTS) is 1. The number of hydrogen-bond donors (Lipinski definition) is 1. The van der Waals surface area contributed by atoms with Crippen LogP contribution in [0.1, 0.15) is 15.9 Å². The summed E-state index contributed by atoms with van der Waals surface area (Å²) in [5.74, 6) is -0.280. The molecule has 0 atom stereocenters. The number of thioether (sulfide) groups is 1. The van der Waals surface area contributed by atoms with Gasteiger partial charge in [-0.3, -0.25) is 9.69 Å². The van der Waals surface area contributed by atoms with Gasteiger partial charge in [-0.1, -0.05) is 0 Å². The van der Waals surface area contributed by atoms with Crippen molar-refractivity contribution in [3.63, 3.8) is 0 Å². The number of likely N-dealkylation sites (N-methyl/N-ethyl adjacent to an activating group) is 1. The highest BCUT2D eigenvalue weighted by Crippen LogP contribution is 2.37. The summed E-state index contributed by atoms with van der Waals surface area (Å²) >= 11 is 3.30. The molecule has 8 nitrogen and oxygen atoms in total. The smallest absolute Gasteiger partial charge is 0.335 e. The summed E-state index contributed by atoms with van der Waals surface area (Å²) in [6, 6.07) is 11.6. The minimum atomic E-state index is -1.01. The van der Waals surface area contributed by atoms with Crippen LogP contribution in [0.3, 0.4) is 0 Å². The molecule has 31 heavy (non-hydrogen) atoms. The number of carboxylic acids is 1. The minimum absolute atomic E-state index is 0.0980. The van der Waals surface area contributed by atoms with Gasteiger partial charge in [0.25, 0.3) is 5.91 Å². The van der Waals surface area contributed by atoms with Crippen molar-refractivity contribution >= 4 is 63.2 Å². The number of hydrogen-bond acceptors (Lipinski definition) is 7. The van der Waals surface area contributed by atoms with Gasteiger partial charge in [-0.25, -0.2) is 9.79 Å². The number of rotatable bonds is 6. The lowest BCUT2D eigenvalue weighted by Gasteiger charge is -2.11. The molecule has 1 aliphatic rings. The Kier molecular flexibility index (Phi) is 7.19. The molecule has 3 rings (SSSR count). The van der Waals surface area contributed by atoms with E-state index >= 15 is 0 Å². The number of amidine groups is 1. The summed E-state index contributed by atoms with van der Waals surface area (Å²) in [6.07, 6.45) is 1.73. The average molecular weight is 549 g/mol. The Bertz CT molecular complexity index is 1140. The lowest BCUT2D eigenvalue weighted by Crippen LogP contribution is -2.23. The normalized spacial score (nSPS) is 15.9. The van der Waals surface area contributed by atoms with Crippen LogP contribution in [0.25, 0.3) is 6.08 Å². The van der Waals surface area contributed by atoms with E-state index in [1.807, 2.05) is 12.1 Å². The maximum absolute atomic E-state index is 12.7. The quantitative estimate of drug-likeness (QED) is 0.426. The first-order valence-electron chi connectivity index (χ1n) is 8.81. The van der Waals surface area contributed by atoms with Gasteiger partial charge in [0.1, 0.15) is 6.07 Å². The lowest BCUT2D eigenvalue weighted by atomic mass is 10.2. The van der Waals surface area contributed by atoms with Crippen LogP contribution in [0, 0.1) is 14.9 Å². The first-order valence-corrected chi connectivity index (χ1v) is 10.7. The predicted molar refractivity (Wildman–Crippen MR) is 126 cm³/mol. The number of methoxy groups -OCH3 is 1. The summed E-state index contributed by atoms with van der Waals surface area (Å²) in [5, 5.41) is 18.2. The van der Waals surface area contributed by atoms with Gasteiger partial charge in [-0.15, -0.1) is 0 Å². The minimum Gasteiger partial charge on any atom is -0.493 e. The molecule has 2 aromatic rings. The second kappa shape index (κ2) is 9.84. The van der Waals surface area contributed by atoms with Gasteiger partial charge < -0.3 is 14.6 Å². The zero-order valence-electron chi connectivity index (χ0n) is 16.5. The number of benzene rings is 2. The Hall–Kier alpha value is -3.04. The zero-order chi connectivity index (χ0) is 22.5. The van der Waals surface area contributed by atoms with Gasteiger partial charge in [0.2, 0.25) is 0 Å². The van der Waals surface area contributed by atoms with Crippen LogP contribution in [-0.2, 0) is 4.79 Å². The third-order valence-electron chi connectivity index (χ3n) is 4.17. The van der Waals surface area contributed by atoms with Crippen molar-refractivity contribution < 1.29 is 24.2 Å². The SMILES string of the molecule is COc1cc(/C=C2\SC(=Nc3ccc(C(=O)O)cc3)N(C)C2=O)cc(I)c1OCC#N. The second-order valence-electron chi connectivity index (χ2n) is 6.20. The number of nitriles is 1. The van der Waals surface area contributed by atoms with Crippen molar-refractivity contribution in [1.29, 1.82) is 5.26 Å². The average Bonchev–Trinajstić information content (AvgIpc) is 3.00. The van der Waals surface area contributed by atoms with E-state index in [4.69, 9.17) is 19.8 Å². The largest absolute Gasteiger partial charge is 0.493 e. The molecule has 10 heteroatoms. The summed E-state index contributed by atoms with van der Waals surface area (Å²) in [6.45, 7) is -0.0980. The fourth-order valence-electron chi connectivity index (χ4n) is 2.66. The molecular formula is C21H16IN3O5S. The molecule has 0 spiro atoms. The highest BCUT2D eigenvalue weighted by molar-refractivity contribution is 14.1. The maximum Gasteiger partial charge on any atom is 0.335 e. The van der Waals surface area contributed by atoms with Crippen LogP contribution in [0.4, 0.5) is 5.69 Å². The molecule has 2 aromatic carbocycles. The fourth-order valence-corrected chi connectivity index (χ4v) is 4.43. The number of carbonyl (C=O) groups is 2. The Morgan fingerprint density at radius 2 is 2.06 bits per heavy atom. The fraction of sp³-hybridized carbons (Fsp3) is 0.143. The molecule has 1 amide bonds. The molecule has 0 aromatic heterocycles. The molecule has 0 bridgehead atoms. The Morgan fingerprint density at radius 3 is 2.68 bits per heavy atom. The highest BCUT2D eigenvalue weighted by atomic mass is 127. The third kappa shape index (κ3) is 5.18. The van der Waals surface area contributed by atoms with E-state index < -0.39 is 5.97 Å². The van der Waals surface area contributed by atoms with Gasteiger partial charge in [-0.05, 0) is 82.4 Å². The molecule has 1 aliphatic heterocycles. The molecule has 0 unspecified atom stereocenters. The van der Waals surface area contributed by atoms with Crippen LogP contribution in [-0.4, -0.2) is 47.8 Å². The number of halogens is 1. The lowest BCUT2D eigenvalue weighted by molar-refractivity contribution is -0.121. The number of carbonyl (C=O) groups excluding carboxylic acids is 1. The van der Waals surface area contributed by atoms with Gasteiger partial charge in [0, 0.05) is 7.05 Å². The number of aromatic carboxylic acids is 1. The van der Waals surface area contributed by atoms with Gasteiger partial charge in [0.15, 0.2) is 23.3 Å². The van der Waals surface area contributed by atoms with Crippen LogP contribution >= 0.6 is 34.4 Å². The van der Waals surface area contributed by atoms with Crippen molar-refractivity contribution in [1.82, 2.24) is 4.90 Å². The standard InChI is InChI=1S/C21H16IN3O5S/c1-25-19(26)17(31-21(25)24-14-5-3-13(4-6-14)20(27)28)11-12-9-15(22)18(30-8-7-23)16(10-12)29-2/h3-6,9-11H,8H2,1-2H3,(H,27,28)/b17-11-,24-21?. The Morgan fingerprint density at radius 1 is 1.35 bits per heavy atom. The van der Waals surface area contributed by atoms with Crippen molar-refractivity contribution in [3.05, 3.63) is 56.0 Å². The molecule has 1 saturated heterocycles. The van der Waals surface area contributed by atoms with Crippen molar-refractivity contribution in [2.75, 3.05) is 20.8 Å². The molecule has 0 radical (unpaired) electrons. The number of nitrogens with zero attached hydrogens (tertiary/aromatic N) is 3. The van der Waals surface area contributed by atoms with Crippen LogP contribution in [0.15, 0.2) is 46.3 Å². The number of aliphatic imine (C=N–C) groups is 1. The zero-order valence-corrected chi connectivity index (χ0v) is 19.4.